The number of hydrogen-bond donors (Lipinski definition) is 2. The summed E-state index contributed by atoms with van der Waals surface area (Å²) in [5.41, 5.74) is 1.05. The summed E-state index contributed by atoms with van der Waals surface area (Å²) in [4.78, 5) is 23.2. The molecular weight excluding hydrogens is 300 g/mol. The number of aliphatic carboxylic acids is 1. The van der Waals surface area contributed by atoms with E-state index in [0.717, 1.165) is 5.56 Å². The Morgan fingerprint density at radius 2 is 2.30 bits per heavy atom. The van der Waals surface area contributed by atoms with E-state index in [2.05, 4.69) is 15.6 Å². The van der Waals surface area contributed by atoms with Gasteiger partial charge < -0.3 is 14.9 Å². The second kappa shape index (κ2) is 7.39. The van der Waals surface area contributed by atoms with Crippen molar-refractivity contribution in [3.63, 3.8) is 0 Å². The molecule has 0 bridgehead atoms. The van der Waals surface area contributed by atoms with Crippen molar-refractivity contribution in [3.8, 4) is 0 Å². The minimum absolute atomic E-state index is 0.0376. The predicted molar refractivity (Wildman–Crippen MR) is 80.9 cm³/mol. The highest BCUT2D eigenvalue weighted by Crippen LogP contribution is 2.07. The summed E-state index contributed by atoms with van der Waals surface area (Å²) in [6.45, 7) is 4.04. The van der Waals surface area contributed by atoms with Gasteiger partial charge in [-0.2, -0.15) is 5.10 Å². The molecule has 0 aliphatic carbocycles. The third-order valence-corrected chi connectivity index (χ3v) is 3.08. The van der Waals surface area contributed by atoms with Crippen molar-refractivity contribution in [2.24, 2.45) is 0 Å². The molecule has 0 aliphatic heterocycles. The molecule has 1 unspecified atom stereocenters. The van der Waals surface area contributed by atoms with Crippen LogP contribution in [-0.4, -0.2) is 38.0 Å². The maximum atomic E-state index is 12.0. The molecule has 8 heteroatoms. The molecule has 8 nitrogen and oxygen atoms in total. The summed E-state index contributed by atoms with van der Waals surface area (Å²) in [6.07, 6.45) is 7.15. The third kappa shape index (κ3) is 4.53. The second-order valence-electron chi connectivity index (χ2n) is 5.06. The number of carbonyl (C=O) groups excluding carboxylic acids is 1. The monoisotopic (exact) mass is 318 g/mol. The molecule has 0 saturated carbocycles. The molecule has 1 atom stereocenters. The molecule has 0 saturated heterocycles. The van der Waals surface area contributed by atoms with E-state index in [4.69, 9.17) is 9.63 Å². The quantitative estimate of drug-likeness (QED) is 0.746. The highest BCUT2D eigenvalue weighted by Gasteiger charge is 2.21. The molecule has 2 aromatic heterocycles. The lowest BCUT2D eigenvalue weighted by Crippen LogP contribution is -2.40. The first-order valence-electron chi connectivity index (χ1n) is 7.09. The van der Waals surface area contributed by atoms with Gasteiger partial charge >= 0.3 is 5.97 Å². The van der Waals surface area contributed by atoms with Crippen LogP contribution in [0.15, 0.2) is 35.1 Å². The number of aromatic nitrogens is 3. The zero-order valence-electron chi connectivity index (χ0n) is 12.9. The lowest BCUT2D eigenvalue weighted by molar-refractivity contribution is -0.139. The third-order valence-electron chi connectivity index (χ3n) is 3.08. The van der Waals surface area contributed by atoms with Crippen molar-refractivity contribution in [3.05, 3.63) is 47.6 Å². The van der Waals surface area contributed by atoms with Crippen LogP contribution in [0, 0.1) is 6.92 Å². The molecule has 0 aromatic carbocycles. The molecule has 2 rings (SSSR count). The lowest BCUT2D eigenvalue weighted by Gasteiger charge is -2.10. The normalized spacial score (nSPS) is 12.4. The van der Waals surface area contributed by atoms with Gasteiger partial charge in [0.25, 0.3) is 5.91 Å². The van der Waals surface area contributed by atoms with Crippen LogP contribution in [0.2, 0.25) is 0 Å². The van der Waals surface area contributed by atoms with Gasteiger partial charge in [0.1, 0.15) is 12.6 Å². The Labute approximate surface area is 132 Å². The molecule has 0 aliphatic rings. The summed E-state index contributed by atoms with van der Waals surface area (Å²) in [5.74, 6) is -1.24. The molecule has 0 spiro atoms. The van der Waals surface area contributed by atoms with E-state index in [9.17, 15) is 9.59 Å². The van der Waals surface area contributed by atoms with E-state index in [0.29, 0.717) is 12.3 Å². The maximum absolute atomic E-state index is 12.0. The maximum Gasteiger partial charge on any atom is 0.326 e. The molecule has 2 N–H and O–H groups in total. The Balaban J connectivity index is 2.01. The van der Waals surface area contributed by atoms with Gasteiger partial charge in [-0.15, -0.1) is 0 Å². The first-order chi connectivity index (χ1) is 11.0. The number of amides is 1. The first kappa shape index (κ1) is 16.5. The second-order valence-corrected chi connectivity index (χ2v) is 5.06. The van der Waals surface area contributed by atoms with Gasteiger partial charge in [-0.3, -0.25) is 9.48 Å². The highest BCUT2D eigenvalue weighted by atomic mass is 16.5. The van der Waals surface area contributed by atoms with Crippen LogP contribution in [0.25, 0.3) is 0 Å². The summed E-state index contributed by atoms with van der Waals surface area (Å²) in [5, 5.41) is 19.3. The number of nitrogens with one attached hydrogen (secondary N) is 1. The molecule has 0 radical (unpaired) electrons. The number of aryl methyl sites for hydroxylation is 1. The molecule has 1 amide bonds. The lowest BCUT2D eigenvalue weighted by atomic mass is 10.2. The fourth-order valence-electron chi connectivity index (χ4n) is 1.93. The Kier molecular flexibility index (Phi) is 5.29. The van der Waals surface area contributed by atoms with Crippen molar-refractivity contribution in [1.82, 2.24) is 20.3 Å². The Hall–Kier alpha value is -2.90. The Morgan fingerprint density at radius 3 is 2.91 bits per heavy atom. The Morgan fingerprint density at radius 1 is 1.52 bits per heavy atom. The molecule has 2 aromatic rings. The minimum atomic E-state index is -1.10. The average molecular weight is 318 g/mol. The summed E-state index contributed by atoms with van der Waals surface area (Å²) in [7, 11) is 0. The summed E-state index contributed by atoms with van der Waals surface area (Å²) >= 11 is 0. The van der Waals surface area contributed by atoms with E-state index in [1.54, 1.807) is 30.0 Å². The van der Waals surface area contributed by atoms with Crippen LogP contribution < -0.4 is 5.32 Å². The fourth-order valence-corrected chi connectivity index (χ4v) is 1.93. The molecule has 23 heavy (non-hydrogen) atoms. The van der Waals surface area contributed by atoms with Gasteiger partial charge in [-0.05, 0) is 25.8 Å². The van der Waals surface area contributed by atoms with Gasteiger partial charge in [-0.25, -0.2) is 4.79 Å². The van der Waals surface area contributed by atoms with Crippen molar-refractivity contribution in [2.45, 2.75) is 32.9 Å². The number of rotatable bonds is 7. The van der Waals surface area contributed by atoms with Crippen molar-refractivity contribution < 1.29 is 19.2 Å². The van der Waals surface area contributed by atoms with Crippen LogP contribution in [-0.2, 0) is 11.3 Å². The van der Waals surface area contributed by atoms with Gasteiger partial charge in [0.15, 0.2) is 11.5 Å². The number of carbonyl (C=O) groups is 2. The van der Waals surface area contributed by atoms with E-state index in [1.807, 2.05) is 13.1 Å². The first-order valence-corrected chi connectivity index (χ1v) is 7.09. The zero-order valence-corrected chi connectivity index (χ0v) is 12.9. The molecule has 0 fully saturated rings. The van der Waals surface area contributed by atoms with Crippen LogP contribution in [0.5, 0.6) is 0 Å². The summed E-state index contributed by atoms with van der Waals surface area (Å²) < 4.78 is 6.75. The fraction of sp³-hybridized carbons (Fsp3) is 0.333. The summed E-state index contributed by atoms with van der Waals surface area (Å²) in [6, 6.07) is 0.466. The SMILES string of the molecule is C/C=C/CC(NC(=O)c1cc(Cn2cc(C)cn2)on1)C(=O)O. The van der Waals surface area contributed by atoms with Gasteiger partial charge in [0.05, 0.1) is 6.20 Å². The molecule has 122 valence electrons. The van der Waals surface area contributed by atoms with Crippen LogP contribution in [0.4, 0.5) is 0 Å². The zero-order chi connectivity index (χ0) is 16.8. The van der Waals surface area contributed by atoms with Gasteiger partial charge in [0, 0.05) is 12.3 Å². The number of hydrogen-bond acceptors (Lipinski definition) is 5. The predicted octanol–water partition coefficient (Wildman–Crippen LogP) is 1.38. The largest absolute Gasteiger partial charge is 0.480 e. The highest BCUT2D eigenvalue weighted by molar-refractivity contribution is 5.94. The topological polar surface area (TPSA) is 110 Å². The van der Waals surface area contributed by atoms with Crippen LogP contribution >= 0.6 is 0 Å². The van der Waals surface area contributed by atoms with Crippen molar-refractivity contribution in [1.29, 1.82) is 0 Å². The smallest absolute Gasteiger partial charge is 0.326 e. The van der Waals surface area contributed by atoms with Crippen molar-refractivity contribution >= 4 is 11.9 Å². The van der Waals surface area contributed by atoms with E-state index >= 15 is 0 Å². The number of nitrogens with zero attached hydrogens (tertiary/aromatic N) is 3. The number of allylic oxidation sites excluding steroid dienone is 1. The van der Waals surface area contributed by atoms with Crippen molar-refractivity contribution in [2.75, 3.05) is 0 Å². The van der Waals surface area contributed by atoms with E-state index < -0.39 is 17.9 Å². The molecule has 2 heterocycles. The average Bonchev–Trinajstić information content (AvgIpc) is 3.12. The van der Waals surface area contributed by atoms with E-state index in [1.165, 1.54) is 6.07 Å². The Bertz CT molecular complexity index is 717. The number of carboxylic acid groups (broad SMARTS) is 1. The van der Waals surface area contributed by atoms with Gasteiger partial charge in [0.2, 0.25) is 0 Å². The minimum Gasteiger partial charge on any atom is -0.480 e. The van der Waals surface area contributed by atoms with E-state index in [-0.39, 0.29) is 12.1 Å². The van der Waals surface area contributed by atoms with Crippen LogP contribution in [0.3, 0.4) is 0 Å². The number of carboxylic acids is 1. The van der Waals surface area contributed by atoms with Gasteiger partial charge in [-0.1, -0.05) is 17.3 Å². The standard InChI is InChI=1S/C15H18N4O4/c1-3-4-5-12(15(21)22)17-14(20)13-6-11(23-18-13)9-19-8-10(2)7-16-19/h3-4,6-8,12H,5,9H2,1-2H3,(H,17,20)(H,21,22)/b4-3+. The van der Waals surface area contributed by atoms with Crippen LogP contribution in [0.1, 0.15) is 35.2 Å². The molecular formula is C15H18N4O4.